The SMILES string of the molecule is Bc1cc(B)cc(OC)c1. The highest BCUT2D eigenvalue weighted by Gasteiger charge is 1.92. The number of benzene rings is 1. The molecule has 1 aromatic carbocycles. The van der Waals surface area contributed by atoms with E-state index in [0.29, 0.717) is 0 Å². The summed E-state index contributed by atoms with van der Waals surface area (Å²) in [6.45, 7) is 0. The maximum Gasteiger partial charge on any atom is 0.139 e. The van der Waals surface area contributed by atoms with Gasteiger partial charge in [-0.25, -0.2) is 0 Å². The lowest BCUT2D eigenvalue weighted by atomic mass is 9.87. The number of hydrogen-bond donors (Lipinski definition) is 0. The predicted octanol–water partition coefficient (Wildman–Crippen LogP) is -1.79. The van der Waals surface area contributed by atoms with Crippen LogP contribution in [0, 0.1) is 0 Å². The van der Waals surface area contributed by atoms with Crippen LogP contribution in [-0.2, 0) is 0 Å². The van der Waals surface area contributed by atoms with Gasteiger partial charge in [-0.1, -0.05) is 17.0 Å². The van der Waals surface area contributed by atoms with Crippen molar-refractivity contribution in [1.82, 2.24) is 0 Å². The summed E-state index contributed by atoms with van der Waals surface area (Å²) in [6, 6.07) is 6.17. The molecular weight excluding hydrogens is 122 g/mol. The Morgan fingerprint density at radius 3 is 2.00 bits per heavy atom. The lowest BCUT2D eigenvalue weighted by Gasteiger charge is -2.02. The van der Waals surface area contributed by atoms with Crippen molar-refractivity contribution in [2.24, 2.45) is 0 Å². The first-order valence-electron chi connectivity index (χ1n) is 3.34. The second-order valence-electron chi connectivity index (χ2n) is 2.53. The molecule has 10 heavy (non-hydrogen) atoms. The molecule has 0 aliphatic rings. The second-order valence-corrected chi connectivity index (χ2v) is 2.53. The van der Waals surface area contributed by atoms with Gasteiger partial charge in [-0.2, -0.15) is 0 Å². The Kier molecular flexibility index (Phi) is 2.05. The predicted molar refractivity (Wildman–Crippen MR) is 49.4 cm³/mol. The van der Waals surface area contributed by atoms with E-state index >= 15 is 0 Å². The van der Waals surface area contributed by atoms with Gasteiger partial charge >= 0.3 is 0 Å². The molecule has 0 aromatic heterocycles. The minimum atomic E-state index is 0.942. The molecule has 0 atom stereocenters. The minimum Gasteiger partial charge on any atom is -0.497 e. The Bertz CT molecular complexity index is 215. The summed E-state index contributed by atoms with van der Waals surface area (Å²) in [6.07, 6.45) is 0. The molecule has 0 spiro atoms. The zero-order valence-electron chi connectivity index (χ0n) is 6.64. The van der Waals surface area contributed by atoms with Gasteiger partial charge in [-0.3, -0.25) is 0 Å². The van der Waals surface area contributed by atoms with Crippen molar-refractivity contribution in [3.8, 4) is 5.75 Å². The fourth-order valence-electron chi connectivity index (χ4n) is 1.05. The highest BCUT2D eigenvalue weighted by Crippen LogP contribution is 2.02. The van der Waals surface area contributed by atoms with E-state index in [1.54, 1.807) is 7.11 Å². The molecule has 1 aromatic rings. The third-order valence-corrected chi connectivity index (χ3v) is 1.43. The fraction of sp³-hybridized carbons (Fsp3) is 0.143. The molecule has 3 heteroatoms. The molecule has 0 N–H and O–H groups in total. The smallest absolute Gasteiger partial charge is 0.139 e. The summed E-state index contributed by atoms with van der Waals surface area (Å²) in [5.41, 5.74) is 2.49. The molecule has 0 bridgehead atoms. The Balaban J connectivity index is 3.06. The van der Waals surface area contributed by atoms with E-state index in [4.69, 9.17) is 4.74 Å². The third-order valence-electron chi connectivity index (χ3n) is 1.43. The van der Waals surface area contributed by atoms with Crippen molar-refractivity contribution in [3.05, 3.63) is 18.2 Å². The van der Waals surface area contributed by atoms with E-state index in [1.807, 2.05) is 12.1 Å². The summed E-state index contributed by atoms with van der Waals surface area (Å²) < 4.78 is 5.08. The quantitative estimate of drug-likeness (QED) is 0.410. The third kappa shape index (κ3) is 1.56. The minimum absolute atomic E-state index is 0.942. The molecule has 0 saturated heterocycles. The number of hydrogen-bond acceptors (Lipinski definition) is 1. The van der Waals surface area contributed by atoms with Crippen LogP contribution in [0.4, 0.5) is 0 Å². The Morgan fingerprint density at radius 1 is 1.10 bits per heavy atom. The van der Waals surface area contributed by atoms with Gasteiger partial charge in [-0.05, 0) is 12.1 Å². The molecule has 0 aliphatic heterocycles. The van der Waals surface area contributed by atoms with Gasteiger partial charge in [0.2, 0.25) is 0 Å². The molecular formula is C7H10B2O. The zero-order valence-corrected chi connectivity index (χ0v) is 6.64. The molecule has 0 amide bonds. The fourth-order valence-corrected chi connectivity index (χ4v) is 1.05. The highest BCUT2D eigenvalue weighted by atomic mass is 16.5. The number of methoxy groups -OCH3 is 1. The van der Waals surface area contributed by atoms with Gasteiger partial charge in [0.15, 0.2) is 0 Å². The lowest BCUT2D eigenvalue weighted by molar-refractivity contribution is 0.415. The average Bonchev–Trinajstić information content (AvgIpc) is 1.85. The van der Waals surface area contributed by atoms with Crippen molar-refractivity contribution in [1.29, 1.82) is 0 Å². The van der Waals surface area contributed by atoms with Crippen LogP contribution < -0.4 is 15.7 Å². The number of ether oxygens (including phenoxy) is 1. The highest BCUT2D eigenvalue weighted by molar-refractivity contribution is 6.38. The van der Waals surface area contributed by atoms with Crippen LogP contribution in [-0.4, -0.2) is 22.8 Å². The van der Waals surface area contributed by atoms with Crippen molar-refractivity contribution < 1.29 is 4.74 Å². The van der Waals surface area contributed by atoms with Gasteiger partial charge in [0.25, 0.3) is 0 Å². The standard InChI is InChI=1S/C7H10B2O/c1-10-7-3-5(8)2-6(9)4-7/h2-4H,8-9H2,1H3. The van der Waals surface area contributed by atoms with Gasteiger partial charge < -0.3 is 4.74 Å². The van der Waals surface area contributed by atoms with E-state index in [0.717, 1.165) is 5.75 Å². The van der Waals surface area contributed by atoms with Gasteiger partial charge in [-0.15, -0.1) is 0 Å². The Hall–Kier alpha value is -0.850. The van der Waals surface area contributed by atoms with Crippen LogP contribution in [0.5, 0.6) is 5.75 Å². The molecule has 1 nitrogen and oxygen atoms in total. The number of rotatable bonds is 1. The summed E-state index contributed by atoms with van der Waals surface area (Å²) in [7, 11) is 5.82. The van der Waals surface area contributed by atoms with E-state index in [1.165, 1.54) is 10.9 Å². The molecule has 1 rings (SSSR count). The normalized spacial score (nSPS) is 9.30. The van der Waals surface area contributed by atoms with E-state index in [2.05, 4.69) is 21.8 Å². The van der Waals surface area contributed by atoms with Gasteiger partial charge in [0, 0.05) is 0 Å². The van der Waals surface area contributed by atoms with E-state index in [-0.39, 0.29) is 0 Å². The molecule has 0 aliphatic carbocycles. The Labute approximate surface area is 63.2 Å². The van der Waals surface area contributed by atoms with E-state index < -0.39 is 0 Å². The van der Waals surface area contributed by atoms with Crippen molar-refractivity contribution >= 4 is 26.6 Å². The van der Waals surface area contributed by atoms with Gasteiger partial charge in [0.05, 0.1) is 7.11 Å². The summed E-state index contributed by atoms with van der Waals surface area (Å²) in [4.78, 5) is 0. The molecule has 0 heterocycles. The largest absolute Gasteiger partial charge is 0.497 e. The summed E-state index contributed by atoms with van der Waals surface area (Å²) in [5.74, 6) is 0.942. The monoisotopic (exact) mass is 132 g/mol. The van der Waals surface area contributed by atoms with Gasteiger partial charge in [0.1, 0.15) is 21.4 Å². The van der Waals surface area contributed by atoms with Crippen molar-refractivity contribution in [2.45, 2.75) is 0 Å². The maximum absolute atomic E-state index is 5.08. The van der Waals surface area contributed by atoms with Crippen LogP contribution in [0.15, 0.2) is 18.2 Å². The first-order valence-corrected chi connectivity index (χ1v) is 3.34. The molecule has 0 unspecified atom stereocenters. The molecule has 0 fully saturated rings. The molecule has 0 saturated carbocycles. The van der Waals surface area contributed by atoms with Crippen LogP contribution in [0.2, 0.25) is 0 Å². The van der Waals surface area contributed by atoms with Crippen LogP contribution >= 0.6 is 0 Å². The summed E-state index contributed by atoms with van der Waals surface area (Å²) in [5, 5.41) is 0. The zero-order chi connectivity index (χ0) is 7.56. The second kappa shape index (κ2) is 2.82. The first-order chi connectivity index (χ1) is 4.72. The van der Waals surface area contributed by atoms with E-state index in [9.17, 15) is 0 Å². The Morgan fingerprint density at radius 2 is 1.60 bits per heavy atom. The van der Waals surface area contributed by atoms with Crippen LogP contribution in [0.25, 0.3) is 0 Å². The average molecular weight is 132 g/mol. The summed E-state index contributed by atoms with van der Waals surface area (Å²) >= 11 is 0. The van der Waals surface area contributed by atoms with Crippen molar-refractivity contribution in [2.75, 3.05) is 7.11 Å². The lowest BCUT2D eigenvalue weighted by Crippen LogP contribution is -2.13. The molecule has 0 radical (unpaired) electrons. The first kappa shape index (κ1) is 7.26. The molecule has 50 valence electrons. The van der Waals surface area contributed by atoms with Crippen molar-refractivity contribution in [3.63, 3.8) is 0 Å². The van der Waals surface area contributed by atoms with Crippen LogP contribution in [0.1, 0.15) is 0 Å². The van der Waals surface area contributed by atoms with Crippen LogP contribution in [0.3, 0.4) is 0 Å². The topological polar surface area (TPSA) is 9.23 Å². The maximum atomic E-state index is 5.08.